The van der Waals surface area contributed by atoms with E-state index in [4.69, 9.17) is 0 Å². The molecule has 2 rings (SSSR count). The van der Waals surface area contributed by atoms with Crippen LogP contribution < -0.4 is 10.6 Å². The summed E-state index contributed by atoms with van der Waals surface area (Å²) in [6.45, 7) is 2.54. The molecular weight excluding hydrogens is 234 g/mol. The summed E-state index contributed by atoms with van der Waals surface area (Å²) in [6, 6.07) is 0.315. The molecule has 2 N–H and O–H groups in total. The number of urea groups is 1. The van der Waals surface area contributed by atoms with Gasteiger partial charge in [-0.3, -0.25) is 0 Å². The first-order chi connectivity index (χ1) is 8.24. The van der Waals surface area contributed by atoms with Crippen LogP contribution in [0.5, 0.6) is 0 Å². The Balaban J connectivity index is 1.70. The summed E-state index contributed by atoms with van der Waals surface area (Å²) in [7, 11) is 0. The maximum absolute atomic E-state index is 11.7. The topological polar surface area (TPSA) is 54.0 Å². The van der Waals surface area contributed by atoms with Crippen molar-refractivity contribution in [3.63, 3.8) is 0 Å². The second-order valence-corrected chi connectivity index (χ2v) is 5.83. The minimum Gasteiger partial charge on any atom is -0.335 e. The van der Waals surface area contributed by atoms with E-state index in [1.54, 1.807) is 11.3 Å². The third-order valence-electron chi connectivity index (χ3n) is 3.03. The number of rotatable bonds is 3. The number of carbonyl (C=O) groups is 1. The molecule has 1 aromatic rings. The smallest absolute Gasteiger partial charge is 0.315 e. The van der Waals surface area contributed by atoms with E-state index < -0.39 is 0 Å². The molecule has 0 bridgehead atoms. The van der Waals surface area contributed by atoms with E-state index in [1.165, 1.54) is 19.3 Å². The average molecular weight is 253 g/mol. The first-order valence-electron chi connectivity index (χ1n) is 6.20. The maximum atomic E-state index is 11.7. The molecule has 1 aliphatic rings. The number of nitrogens with zero attached hydrogens (tertiary/aromatic N) is 1. The molecule has 5 heteroatoms. The van der Waals surface area contributed by atoms with Gasteiger partial charge < -0.3 is 10.6 Å². The second-order valence-electron chi connectivity index (χ2n) is 4.51. The molecular formula is C12H19N3OS. The van der Waals surface area contributed by atoms with Crippen LogP contribution in [0.1, 0.15) is 42.0 Å². The molecule has 1 saturated carbocycles. The van der Waals surface area contributed by atoms with E-state index in [9.17, 15) is 4.79 Å². The van der Waals surface area contributed by atoms with Gasteiger partial charge in [0, 0.05) is 17.1 Å². The van der Waals surface area contributed by atoms with Crippen molar-refractivity contribution < 1.29 is 4.79 Å². The molecule has 0 aliphatic heterocycles. The van der Waals surface area contributed by atoms with Crippen LogP contribution in [0.25, 0.3) is 0 Å². The second kappa shape index (κ2) is 6.00. The average Bonchev–Trinajstić information content (AvgIpc) is 2.74. The van der Waals surface area contributed by atoms with Crippen LogP contribution in [0.2, 0.25) is 0 Å². The summed E-state index contributed by atoms with van der Waals surface area (Å²) in [6.07, 6.45) is 7.83. The summed E-state index contributed by atoms with van der Waals surface area (Å²) in [5.41, 5.74) is 0. The minimum atomic E-state index is -0.0528. The lowest BCUT2D eigenvalue weighted by Gasteiger charge is -2.22. The van der Waals surface area contributed by atoms with Crippen LogP contribution in [0, 0.1) is 6.92 Å². The highest BCUT2D eigenvalue weighted by Crippen LogP contribution is 2.17. The predicted octanol–water partition coefficient (Wildman–Crippen LogP) is 2.58. The lowest BCUT2D eigenvalue weighted by molar-refractivity contribution is 0.232. The number of nitrogens with one attached hydrogen (secondary N) is 2. The molecule has 0 aromatic carbocycles. The zero-order valence-corrected chi connectivity index (χ0v) is 11.0. The van der Waals surface area contributed by atoms with Gasteiger partial charge in [0.1, 0.15) is 0 Å². The number of thiazole rings is 1. The van der Waals surface area contributed by atoms with Gasteiger partial charge in [0.05, 0.1) is 11.6 Å². The monoisotopic (exact) mass is 253 g/mol. The lowest BCUT2D eigenvalue weighted by atomic mass is 9.96. The molecule has 4 nitrogen and oxygen atoms in total. The number of hydrogen-bond acceptors (Lipinski definition) is 3. The van der Waals surface area contributed by atoms with Crippen LogP contribution in [-0.4, -0.2) is 17.1 Å². The third kappa shape index (κ3) is 4.00. The molecule has 94 valence electrons. The van der Waals surface area contributed by atoms with E-state index >= 15 is 0 Å². The van der Waals surface area contributed by atoms with Crippen molar-refractivity contribution in [2.24, 2.45) is 0 Å². The Morgan fingerprint density at radius 2 is 2.24 bits per heavy atom. The number of aromatic nitrogens is 1. The molecule has 0 atom stereocenters. The Morgan fingerprint density at radius 3 is 2.88 bits per heavy atom. The lowest BCUT2D eigenvalue weighted by Crippen LogP contribution is -2.42. The minimum absolute atomic E-state index is 0.0528. The highest BCUT2D eigenvalue weighted by atomic mass is 32.1. The summed E-state index contributed by atoms with van der Waals surface area (Å²) in [5.74, 6) is 0. The van der Waals surface area contributed by atoms with Gasteiger partial charge in [0.15, 0.2) is 0 Å². The molecule has 1 aliphatic carbocycles. The highest BCUT2D eigenvalue weighted by Gasteiger charge is 2.15. The van der Waals surface area contributed by atoms with Gasteiger partial charge >= 0.3 is 6.03 Å². The molecule has 0 spiro atoms. The zero-order chi connectivity index (χ0) is 12.1. The van der Waals surface area contributed by atoms with Crippen LogP contribution in [0.15, 0.2) is 6.20 Å². The molecule has 1 aromatic heterocycles. The van der Waals surface area contributed by atoms with E-state index in [-0.39, 0.29) is 6.03 Å². The highest BCUT2D eigenvalue weighted by molar-refractivity contribution is 7.11. The number of amides is 2. The zero-order valence-electron chi connectivity index (χ0n) is 10.2. The van der Waals surface area contributed by atoms with E-state index in [2.05, 4.69) is 15.6 Å². The molecule has 0 saturated heterocycles. The van der Waals surface area contributed by atoms with Gasteiger partial charge in [-0.1, -0.05) is 19.3 Å². The van der Waals surface area contributed by atoms with Crippen LogP contribution in [0.3, 0.4) is 0 Å². The Morgan fingerprint density at radius 1 is 1.47 bits per heavy atom. The third-order valence-corrected chi connectivity index (χ3v) is 3.95. The predicted molar refractivity (Wildman–Crippen MR) is 69.1 cm³/mol. The molecule has 0 unspecified atom stereocenters. The molecule has 2 amide bonds. The first kappa shape index (κ1) is 12.4. The normalized spacial score (nSPS) is 16.8. The van der Waals surface area contributed by atoms with Crippen LogP contribution in [-0.2, 0) is 6.54 Å². The van der Waals surface area contributed by atoms with Crippen LogP contribution >= 0.6 is 11.3 Å². The van der Waals surface area contributed by atoms with Gasteiger partial charge in [-0.15, -0.1) is 11.3 Å². The Labute approximate surface area is 106 Å². The first-order valence-corrected chi connectivity index (χ1v) is 7.01. The van der Waals surface area contributed by atoms with Gasteiger partial charge in [-0.05, 0) is 19.8 Å². The molecule has 17 heavy (non-hydrogen) atoms. The maximum Gasteiger partial charge on any atom is 0.315 e. The van der Waals surface area contributed by atoms with Crippen LogP contribution in [0.4, 0.5) is 4.79 Å². The Bertz CT molecular complexity index is 372. The number of carbonyl (C=O) groups excluding carboxylic acids is 1. The Kier molecular flexibility index (Phi) is 4.36. The van der Waals surface area contributed by atoms with Gasteiger partial charge in [-0.25, -0.2) is 9.78 Å². The Hall–Kier alpha value is -1.10. The summed E-state index contributed by atoms with van der Waals surface area (Å²) >= 11 is 1.62. The van der Waals surface area contributed by atoms with Crippen molar-refractivity contribution >= 4 is 17.4 Å². The fourth-order valence-corrected chi connectivity index (χ4v) is 2.87. The molecule has 1 fully saturated rings. The summed E-state index contributed by atoms with van der Waals surface area (Å²) < 4.78 is 0. The quantitative estimate of drug-likeness (QED) is 0.870. The van der Waals surface area contributed by atoms with E-state index in [1.807, 2.05) is 13.1 Å². The number of hydrogen-bond donors (Lipinski definition) is 2. The van der Waals surface area contributed by atoms with Crippen molar-refractivity contribution in [1.82, 2.24) is 15.6 Å². The molecule has 0 radical (unpaired) electrons. The number of aryl methyl sites for hydroxylation is 1. The fraction of sp³-hybridized carbons (Fsp3) is 0.667. The van der Waals surface area contributed by atoms with Crippen molar-refractivity contribution in [2.45, 2.75) is 51.6 Å². The van der Waals surface area contributed by atoms with E-state index in [0.717, 1.165) is 22.7 Å². The van der Waals surface area contributed by atoms with Gasteiger partial charge in [0.2, 0.25) is 0 Å². The van der Waals surface area contributed by atoms with E-state index in [0.29, 0.717) is 12.6 Å². The van der Waals surface area contributed by atoms with Crippen molar-refractivity contribution in [3.05, 3.63) is 16.1 Å². The van der Waals surface area contributed by atoms with Gasteiger partial charge in [0.25, 0.3) is 0 Å². The van der Waals surface area contributed by atoms with Crippen molar-refractivity contribution in [1.29, 1.82) is 0 Å². The molecule has 1 heterocycles. The summed E-state index contributed by atoms with van der Waals surface area (Å²) in [4.78, 5) is 16.9. The standard InChI is InChI=1S/C12H19N3OS/c1-9-13-7-11(17-9)8-14-12(16)15-10-5-3-2-4-6-10/h7,10H,2-6,8H2,1H3,(H2,14,15,16). The fourth-order valence-electron chi connectivity index (χ4n) is 2.14. The van der Waals surface area contributed by atoms with Crippen molar-refractivity contribution in [2.75, 3.05) is 0 Å². The van der Waals surface area contributed by atoms with Crippen molar-refractivity contribution in [3.8, 4) is 0 Å². The summed E-state index contributed by atoms with van der Waals surface area (Å²) in [5, 5.41) is 6.95. The SMILES string of the molecule is Cc1ncc(CNC(=O)NC2CCCCC2)s1. The largest absolute Gasteiger partial charge is 0.335 e. The van der Waals surface area contributed by atoms with Gasteiger partial charge in [-0.2, -0.15) is 0 Å².